The van der Waals surface area contributed by atoms with Crippen LogP contribution in [0.2, 0.25) is 0 Å². The summed E-state index contributed by atoms with van der Waals surface area (Å²) in [6.07, 6.45) is 0.0989. The highest BCUT2D eigenvalue weighted by atomic mass is 16.6. The molecule has 0 aromatic carbocycles. The monoisotopic (exact) mass is 242 g/mol. The van der Waals surface area contributed by atoms with Crippen molar-refractivity contribution in [3.05, 3.63) is 10.4 Å². The first-order valence-corrected chi connectivity index (χ1v) is 5.47. The molecule has 1 heterocycles. The van der Waals surface area contributed by atoms with Gasteiger partial charge in [-0.1, -0.05) is 5.11 Å². The molecule has 1 unspecified atom stereocenters. The van der Waals surface area contributed by atoms with Gasteiger partial charge in [0.25, 0.3) is 0 Å². The highest BCUT2D eigenvalue weighted by Gasteiger charge is 2.37. The number of azide groups is 1. The van der Waals surface area contributed by atoms with E-state index < -0.39 is 17.2 Å². The summed E-state index contributed by atoms with van der Waals surface area (Å²) in [6, 6.07) is 0. The Bertz CT molecular complexity index is 325. The van der Waals surface area contributed by atoms with Gasteiger partial charge in [-0.2, -0.15) is 0 Å². The molecule has 0 spiro atoms. The lowest BCUT2D eigenvalue weighted by Crippen LogP contribution is -2.52. The van der Waals surface area contributed by atoms with E-state index in [0.717, 1.165) is 0 Å². The lowest BCUT2D eigenvalue weighted by molar-refractivity contribution is 0.0445. The minimum Gasteiger partial charge on any atom is -0.444 e. The van der Waals surface area contributed by atoms with Crippen LogP contribution in [0.5, 0.6) is 0 Å². The van der Waals surface area contributed by atoms with E-state index in [1.54, 1.807) is 20.8 Å². The van der Waals surface area contributed by atoms with Crippen molar-refractivity contribution in [1.82, 2.24) is 5.32 Å². The van der Waals surface area contributed by atoms with E-state index in [4.69, 9.17) is 15.0 Å². The molecule has 1 aliphatic rings. The van der Waals surface area contributed by atoms with E-state index in [9.17, 15) is 4.79 Å². The van der Waals surface area contributed by atoms with Crippen molar-refractivity contribution < 1.29 is 14.3 Å². The molecule has 7 heteroatoms. The molecular weight excluding hydrogens is 224 g/mol. The van der Waals surface area contributed by atoms with Gasteiger partial charge in [-0.3, -0.25) is 0 Å². The molecular formula is C10H18N4O3. The molecule has 0 bridgehead atoms. The van der Waals surface area contributed by atoms with Crippen molar-refractivity contribution >= 4 is 6.09 Å². The fourth-order valence-electron chi connectivity index (χ4n) is 1.56. The summed E-state index contributed by atoms with van der Waals surface area (Å²) in [6.45, 7) is 6.41. The molecule has 17 heavy (non-hydrogen) atoms. The summed E-state index contributed by atoms with van der Waals surface area (Å²) in [7, 11) is 0. The molecule has 0 aliphatic carbocycles. The molecule has 1 atom stereocenters. The maximum atomic E-state index is 11.7. The topological polar surface area (TPSA) is 96.3 Å². The minimum atomic E-state index is -0.630. The maximum Gasteiger partial charge on any atom is 0.408 e. The largest absolute Gasteiger partial charge is 0.444 e. The Hall–Kier alpha value is -1.46. The number of carbonyl (C=O) groups is 1. The van der Waals surface area contributed by atoms with E-state index in [1.165, 1.54) is 0 Å². The van der Waals surface area contributed by atoms with Gasteiger partial charge in [0, 0.05) is 11.5 Å². The fraction of sp³-hybridized carbons (Fsp3) is 0.900. The minimum absolute atomic E-state index is 0.169. The van der Waals surface area contributed by atoms with Gasteiger partial charge in [0.05, 0.1) is 18.7 Å². The molecule has 0 saturated carbocycles. The molecule has 0 radical (unpaired) electrons. The zero-order valence-corrected chi connectivity index (χ0v) is 10.4. The lowest BCUT2D eigenvalue weighted by atomic mass is 9.99. The van der Waals surface area contributed by atoms with Crippen molar-refractivity contribution in [3.63, 3.8) is 0 Å². The average Bonchev–Trinajstić information content (AvgIpc) is 2.60. The summed E-state index contributed by atoms with van der Waals surface area (Å²) < 4.78 is 10.4. The number of hydrogen-bond acceptors (Lipinski definition) is 4. The van der Waals surface area contributed by atoms with Crippen LogP contribution < -0.4 is 5.32 Å². The maximum absolute atomic E-state index is 11.7. The van der Waals surface area contributed by atoms with Crippen molar-refractivity contribution in [3.8, 4) is 0 Å². The van der Waals surface area contributed by atoms with Crippen LogP contribution in [0.3, 0.4) is 0 Å². The predicted molar refractivity (Wildman–Crippen MR) is 61.5 cm³/mol. The van der Waals surface area contributed by atoms with E-state index in [1.807, 2.05) is 0 Å². The summed E-state index contributed by atoms with van der Waals surface area (Å²) >= 11 is 0. The van der Waals surface area contributed by atoms with E-state index >= 15 is 0 Å². The number of carbonyl (C=O) groups excluding carboxylic acids is 1. The van der Waals surface area contributed by atoms with Crippen LogP contribution in [0.25, 0.3) is 10.4 Å². The lowest BCUT2D eigenvalue weighted by Gasteiger charge is -2.29. The van der Waals surface area contributed by atoms with Crippen molar-refractivity contribution in [1.29, 1.82) is 0 Å². The number of ether oxygens (including phenoxy) is 2. The van der Waals surface area contributed by atoms with E-state index in [0.29, 0.717) is 19.6 Å². The molecule has 96 valence electrons. The number of amides is 1. The highest BCUT2D eigenvalue weighted by Crippen LogP contribution is 2.20. The first kappa shape index (κ1) is 13.6. The van der Waals surface area contributed by atoms with E-state index in [-0.39, 0.29) is 6.54 Å². The van der Waals surface area contributed by atoms with Gasteiger partial charge in [0.1, 0.15) is 5.60 Å². The average molecular weight is 242 g/mol. The third kappa shape index (κ3) is 4.50. The molecule has 1 amide bonds. The SMILES string of the molecule is CC(C)(C)OC(=O)NC1(CN=[N+]=[N-])CCOC1. The Morgan fingerprint density at radius 3 is 2.82 bits per heavy atom. The van der Waals surface area contributed by atoms with Gasteiger partial charge in [0.2, 0.25) is 0 Å². The summed E-state index contributed by atoms with van der Waals surface area (Å²) in [5.74, 6) is 0. The van der Waals surface area contributed by atoms with Crippen molar-refractivity contribution in [2.24, 2.45) is 5.11 Å². The number of alkyl carbamates (subject to hydrolysis) is 1. The molecule has 0 aromatic heterocycles. The summed E-state index contributed by atoms with van der Waals surface area (Å²) in [5.41, 5.74) is 7.15. The Kier molecular flexibility index (Phi) is 4.20. The second kappa shape index (κ2) is 5.25. The molecule has 1 rings (SSSR count). The molecule has 7 nitrogen and oxygen atoms in total. The first-order valence-electron chi connectivity index (χ1n) is 5.47. The Morgan fingerprint density at radius 1 is 1.65 bits per heavy atom. The number of nitrogens with zero attached hydrogens (tertiary/aromatic N) is 3. The van der Waals surface area contributed by atoms with Crippen LogP contribution in [0.1, 0.15) is 27.2 Å². The summed E-state index contributed by atoms with van der Waals surface area (Å²) in [4.78, 5) is 14.4. The number of rotatable bonds is 3. The second-order valence-electron chi connectivity index (χ2n) is 5.10. The van der Waals surface area contributed by atoms with E-state index in [2.05, 4.69) is 15.3 Å². The number of hydrogen-bond donors (Lipinski definition) is 1. The van der Waals surface area contributed by atoms with Gasteiger partial charge in [0.15, 0.2) is 0 Å². The molecule has 1 N–H and O–H groups in total. The zero-order chi connectivity index (χ0) is 12.9. The Labute approximate surface area is 100 Å². The third-order valence-electron chi connectivity index (χ3n) is 2.31. The smallest absolute Gasteiger partial charge is 0.408 e. The van der Waals surface area contributed by atoms with Crippen LogP contribution in [0.4, 0.5) is 4.79 Å². The predicted octanol–water partition coefficient (Wildman–Crippen LogP) is 1.98. The van der Waals surface area contributed by atoms with Crippen LogP contribution in [-0.4, -0.2) is 37.0 Å². The van der Waals surface area contributed by atoms with Crippen molar-refractivity contribution in [2.45, 2.75) is 38.3 Å². The number of nitrogens with one attached hydrogen (secondary N) is 1. The molecule has 0 aromatic rings. The van der Waals surface area contributed by atoms with Crippen molar-refractivity contribution in [2.75, 3.05) is 19.8 Å². The van der Waals surface area contributed by atoms with Crippen LogP contribution in [-0.2, 0) is 9.47 Å². The quantitative estimate of drug-likeness (QED) is 0.465. The van der Waals surface area contributed by atoms with Gasteiger partial charge in [-0.05, 0) is 32.7 Å². The van der Waals surface area contributed by atoms with Gasteiger partial charge < -0.3 is 14.8 Å². The van der Waals surface area contributed by atoms with Crippen LogP contribution >= 0.6 is 0 Å². The first-order chi connectivity index (χ1) is 7.87. The standard InChI is InChI=1S/C10H18N4O3/c1-9(2,3)17-8(15)13-10(6-12-14-11)4-5-16-7-10/h4-7H2,1-3H3,(H,13,15). The van der Waals surface area contributed by atoms with Crippen LogP contribution in [0.15, 0.2) is 5.11 Å². The zero-order valence-electron chi connectivity index (χ0n) is 10.4. The normalized spacial score (nSPS) is 23.9. The van der Waals surface area contributed by atoms with Crippen LogP contribution in [0, 0.1) is 0 Å². The fourth-order valence-corrected chi connectivity index (χ4v) is 1.56. The molecule has 1 saturated heterocycles. The Balaban J connectivity index is 2.61. The summed E-state index contributed by atoms with van der Waals surface area (Å²) in [5, 5.41) is 6.24. The van der Waals surface area contributed by atoms with Gasteiger partial charge >= 0.3 is 6.09 Å². The van der Waals surface area contributed by atoms with Gasteiger partial charge in [-0.25, -0.2) is 4.79 Å². The van der Waals surface area contributed by atoms with Gasteiger partial charge in [-0.15, -0.1) is 0 Å². The Morgan fingerprint density at radius 2 is 2.35 bits per heavy atom. The molecule has 1 fully saturated rings. The third-order valence-corrected chi connectivity index (χ3v) is 2.31. The molecule has 1 aliphatic heterocycles. The highest BCUT2D eigenvalue weighted by molar-refractivity contribution is 5.69. The second-order valence-corrected chi connectivity index (χ2v) is 5.10.